The number of rotatable bonds is 3. The lowest BCUT2D eigenvalue weighted by Crippen LogP contribution is -2.48. The molecule has 7 heteroatoms. The second-order valence-electron chi connectivity index (χ2n) is 9.07. The number of carbonyl (C=O) groups is 1. The number of piperazine rings is 1. The first-order valence-corrected chi connectivity index (χ1v) is 11.7. The molecule has 1 aromatic carbocycles. The van der Waals surface area contributed by atoms with Gasteiger partial charge < -0.3 is 9.80 Å². The van der Waals surface area contributed by atoms with Gasteiger partial charge in [-0.2, -0.15) is 10.1 Å². The predicted octanol–water partition coefficient (Wildman–Crippen LogP) is 4.43. The molecular formula is C25H29N5OS. The van der Waals surface area contributed by atoms with Crippen molar-refractivity contribution in [1.82, 2.24) is 15.1 Å². The number of amides is 1. The van der Waals surface area contributed by atoms with Crippen molar-refractivity contribution in [3.8, 4) is 0 Å². The van der Waals surface area contributed by atoms with Crippen LogP contribution in [0.25, 0.3) is 6.08 Å². The molecule has 6 nitrogen and oxygen atoms in total. The van der Waals surface area contributed by atoms with Gasteiger partial charge in [-0.05, 0) is 53.4 Å². The molecule has 1 amide bonds. The monoisotopic (exact) mass is 447 g/mol. The largest absolute Gasteiger partial charge is 0.352 e. The molecule has 2 aromatic rings. The van der Waals surface area contributed by atoms with Crippen LogP contribution in [0.5, 0.6) is 0 Å². The number of amidine groups is 1. The summed E-state index contributed by atoms with van der Waals surface area (Å²) in [6, 6.07) is 12.5. The van der Waals surface area contributed by atoms with E-state index in [-0.39, 0.29) is 11.3 Å². The lowest BCUT2D eigenvalue weighted by Gasteiger charge is -2.35. The average molecular weight is 448 g/mol. The van der Waals surface area contributed by atoms with E-state index in [1.165, 1.54) is 17.3 Å². The molecule has 0 saturated carbocycles. The minimum Gasteiger partial charge on any atom is -0.352 e. The molecule has 166 valence electrons. The van der Waals surface area contributed by atoms with Crippen LogP contribution in [0.4, 0.5) is 5.82 Å². The summed E-state index contributed by atoms with van der Waals surface area (Å²) in [6.07, 6.45) is 5.81. The van der Waals surface area contributed by atoms with Gasteiger partial charge in [-0.1, -0.05) is 57.2 Å². The number of thioether (sulfide) groups is 1. The first-order chi connectivity index (χ1) is 15.3. The van der Waals surface area contributed by atoms with Crippen LogP contribution in [-0.4, -0.2) is 52.4 Å². The number of hydrogen-bond acceptors (Lipinski definition) is 6. The van der Waals surface area contributed by atoms with E-state index < -0.39 is 0 Å². The van der Waals surface area contributed by atoms with Crippen LogP contribution < -0.4 is 4.90 Å². The van der Waals surface area contributed by atoms with E-state index in [1.54, 1.807) is 0 Å². The van der Waals surface area contributed by atoms with E-state index in [4.69, 9.17) is 0 Å². The van der Waals surface area contributed by atoms with Gasteiger partial charge in [-0.3, -0.25) is 4.79 Å². The highest BCUT2D eigenvalue weighted by Gasteiger charge is 2.28. The zero-order valence-electron chi connectivity index (χ0n) is 19.1. The minimum absolute atomic E-state index is 0.143. The highest BCUT2D eigenvalue weighted by molar-refractivity contribution is 8.18. The molecular weight excluding hydrogens is 418 g/mol. The Balaban J connectivity index is 1.33. The average Bonchev–Trinajstić information content (AvgIpc) is 3.15. The fraction of sp³-hybridized carbons (Fsp3) is 0.360. The summed E-state index contributed by atoms with van der Waals surface area (Å²) in [4.78, 5) is 21.7. The molecule has 0 N–H and O–H groups in total. The molecule has 0 unspecified atom stereocenters. The summed E-state index contributed by atoms with van der Waals surface area (Å²) in [5.74, 6) is 0.734. The Morgan fingerprint density at radius 3 is 2.25 bits per heavy atom. The number of hydrogen-bond donors (Lipinski definition) is 0. The molecule has 4 rings (SSSR count). The summed E-state index contributed by atoms with van der Waals surface area (Å²) in [6.45, 7) is 11.8. The quantitative estimate of drug-likeness (QED) is 0.649. The molecule has 0 bridgehead atoms. The maximum absolute atomic E-state index is 12.4. The number of aliphatic imine (C=N–C) groups is 1. The Labute approximate surface area is 194 Å². The van der Waals surface area contributed by atoms with Crippen molar-refractivity contribution >= 4 is 34.7 Å². The van der Waals surface area contributed by atoms with E-state index in [0.29, 0.717) is 4.91 Å². The molecule has 1 fully saturated rings. The van der Waals surface area contributed by atoms with Gasteiger partial charge >= 0.3 is 0 Å². The Kier molecular flexibility index (Phi) is 6.46. The van der Waals surface area contributed by atoms with E-state index in [2.05, 4.69) is 70.0 Å². The smallest absolute Gasteiger partial charge is 0.286 e. The minimum atomic E-state index is -0.162. The first-order valence-electron chi connectivity index (χ1n) is 10.9. The topological polar surface area (TPSA) is 61.7 Å². The van der Waals surface area contributed by atoms with Crippen molar-refractivity contribution < 1.29 is 4.79 Å². The highest BCUT2D eigenvalue weighted by Crippen LogP contribution is 2.29. The molecule has 1 aromatic heterocycles. The second-order valence-corrected chi connectivity index (χ2v) is 10.1. The zero-order chi connectivity index (χ0) is 22.7. The molecule has 0 aliphatic carbocycles. The van der Waals surface area contributed by atoms with Crippen LogP contribution in [0.2, 0.25) is 0 Å². The number of benzene rings is 1. The molecule has 2 aliphatic rings. The summed E-state index contributed by atoms with van der Waals surface area (Å²) in [5, 5.41) is 9.21. The van der Waals surface area contributed by atoms with Gasteiger partial charge in [0.25, 0.3) is 5.91 Å². The summed E-state index contributed by atoms with van der Waals surface area (Å²) < 4.78 is 0. The molecule has 2 aliphatic heterocycles. The summed E-state index contributed by atoms with van der Waals surface area (Å²) >= 11 is 1.45. The van der Waals surface area contributed by atoms with Crippen LogP contribution in [0, 0.1) is 6.92 Å². The Morgan fingerprint density at radius 1 is 0.938 bits per heavy atom. The van der Waals surface area contributed by atoms with Crippen molar-refractivity contribution in [1.29, 1.82) is 0 Å². The van der Waals surface area contributed by atoms with Crippen LogP contribution >= 0.6 is 11.8 Å². The molecule has 3 heterocycles. The number of allylic oxidation sites excluding steroid dienone is 2. The number of carbonyl (C=O) groups excluding carboxylic acids is 1. The molecule has 0 atom stereocenters. The maximum atomic E-state index is 12.4. The van der Waals surface area contributed by atoms with Gasteiger partial charge in [0.05, 0.1) is 10.6 Å². The highest BCUT2D eigenvalue weighted by atomic mass is 32.2. The number of aromatic nitrogens is 2. The third kappa shape index (κ3) is 5.27. The number of nitrogens with zero attached hydrogens (tertiary/aromatic N) is 5. The third-order valence-corrected chi connectivity index (χ3v) is 6.64. The van der Waals surface area contributed by atoms with Gasteiger partial charge in [0, 0.05) is 26.2 Å². The lowest BCUT2D eigenvalue weighted by atomic mass is 9.87. The fourth-order valence-electron chi connectivity index (χ4n) is 3.58. The Morgan fingerprint density at radius 2 is 1.62 bits per heavy atom. The molecule has 0 spiro atoms. The van der Waals surface area contributed by atoms with Gasteiger partial charge in [0.15, 0.2) is 11.0 Å². The van der Waals surface area contributed by atoms with Crippen molar-refractivity contribution in [3.05, 3.63) is 70.3 Å². The standard InChI is InChI=1S/C25H29N5OS/c1-18-8-13-22(28-27-18)29-14-16-30(17-15-29)24-26-23(31)21(32-24)7-5-6-19-9-11-20(12-10-19)25(2,3)4/h5-13H,14-17H2,1-4H3. The van der Waals surface area contributed by atoms with Gasteiger partial charge in [-0.15, -0.1) is 5.10 Å². The van der Waals surface area contributed by atoms with E-state index in [1.807, 2.05) is 37.3 Å². The molecule has 1 saturated heterocycles. The van der Waals surface area contributed by atoms with E-state index in [0.717, 1.165) is 48.4 Å². The van der Waals surface area contributed by atoms with E-state index >= 15 is 0 Å². The first kappa shape index (κ1) is 22.3. The van der Waals surface area contributed by atoms with Gasteiger partial charge in [0.2, 0.25) is 0 Å². The second kappa shape index (κ2) is 9.28. The van der Waals surface area contributed by atoms with Crippen LogP contribution in [0.15, 0.2) is 58.4 Å². The maximum Gasteiger partial charge on any atom is 0.286 e. The summed E-state index contributed by atoms with van der Waals surface area (Å²) in [7, 11) is 0. The number of aryl methyl sites for hydroxylation is 1. The predicted molar refractivity (Wildman–Crippen MR) is 133 cm³/mol. The third-order valence-electron chi connectivity index (χ3n) is 5.58. The Hall–Kier alpha value is -2.93. The van der Waals surface area contributed by atoms with Crippen molar-refractivity contribution in [3.63, 3.8) is 0 Å². The van der Waals surface area contributed by atoms with E-state index in [9.17, 15) is 4.79 Å². The van der Waals surface area contributed by atoms with Gasteiger partial charge in [0.1, 0.15) is 0 Å². The normalized spacial score (nSPS) is 18.7. The van der Waals surface area contributed by atoms with Gasteiger partial charge in [-0.25, -0.2) is 0 Å². The molecule has 32 heavy (non-hydrogen) atoms. The zero-order valence-corrected chi connectivity index (χ0v) is 19.9. The number of anilines is 1. The van der Waals surface area contributed by atoms with Crippen LogP contribution in [0.3, 0.4) is 0 Å². The summed E-state index contributed by atoms with van der Waals surface area (Å²) in [5.41, 5.74) is 3.48. The SMILES string of the molecule is Cc1ccc(N2CCN(C3=NC(=O)C(=CC=Cc4ccc(C(C)(C)C)cc4)S3)CC2)nn1. The molecule has 0 radical (unpaired) electrons. The van der Waals surface area contributed by atoms with Crippen molar-refractivity contribution in [2.75, 3.05) is 31.1 Å². The lowest BCUT2D eigenvalue weighted by molar-refractivity contribution is -0.113. The van der Waals surface area contributed by atoms with Crippen molar-refractivity contribution in [2.45, 2.75) is 33.1 Å². The fourth-order valence-corrected chi connectivity index (χ4v) is 4.49. The van der Waals surface area contributed by atoms with Crippen LogP contribution in [0.1, 0.15) is 37.6 Å². The van der Waals surface area contributed by atoms with Crippen LogP contribution in [-0.2, 0) is 10.2 Å². The van der Waals surface area contributed by atoms with Crippen molar-refractivity contribution in [2.24, 2.45) is 4.99 Å². The Bertz CT molecular complexity index is 1060.